The van der Waals surface area contributed by atoms with Gasteiger partial charge in [-0.3, -0.25) is 4.98 Å². The molecule has 0 aliphatic rings. The molecule has 2 rings (SSSR count). The number of nitrogens with one attached hydrogen (secondary N) is 1. The van der Waals surface area contributed by atoms with Crippen molar-refractivity contribution in [2.45, 2.75) is 19.7 Å². The molecule has 1 aromatic carbocycles. The Hall–Kier alpha value is -2.24. The van der Waals surface area contributed by atoms with Gasteiger partial charge in [0, 0.05) is 19.3 Å². The zero-order valence-corrected chi connectivity index (χ0v) is 10.9. The molecule has 5 heteroatoms. The summed E-state index contributed by atoms with van der Waals surface area (Å²) in [5.74, 6) is -0.971. The molecular formula is C15H16N2O3. The molecule has 0 amide bonds. The lowest BCUT2D eigenvalue weighted by Gasteiger charge is -2.05. The number of hydrogen-bond donors (Lipinski definition) is 3. The lowest BCUT2D eigenvalue weighted by molar-refractivity contribution is 0.0696. The Bertz CT molecular complexity index is 565. The number of aromatic carboxylic acids is 1. The number of carbonyl (C=O) groups is 1. The Morgan fingerprint density at radius 1 is 1.05 bits per heavy atom. The average Bonchev–Trinajstić information content (AvgIpc) is 2.48. The van der Waals surface area contributed by atoms with Crippen LogP contribution in [0.4, 0.5) is 0 Å². The minimum atomic E-state index is -0.971. The fourth-order valence-electron chi connectivity index (χ4n) is 1.75. The van der Waals surface area contributed by atoms with Crippen molar-refractivity contribution in [1.82, 2.24) is 10.3 Å². The van der Waals surface area contributed by atoms with Gasteiger partial charge in [0.25, 0.3) is 0 Å². The van der Waals surface area contributed by atoms with Crippen LogP contribution in [0.1, 0.15) is 27.2 Å². The summed E-state index contributed by atoms with van der Waals surface area (Å²) in [6.45, 7) is 1.31. The molecule has 104 valence electrons. The van der Waals surface area contributed by atoms with Crippen LogP contribution < -0.4 is 5.32 Å². The predicted molar refractivity (Wildman–Crippen MR) is 74.1 cm³/mol. The standard InChI is InChI=1S/C15H16N2O3/c18-10-12-3-1-11(2-4-12)7-16-9-14-6-5-13(8-17-14)15(19)20/h1-6,8,16,18H,7,9-10H2,(H,19,20). The van der Waals surface area contributed by atoms with Gasteiger partial charge >= 0.3 is 5.97 Å². The van der Waals surface area contributed by atoms with Gasteiger partial charge in [-0.2, -0.15) is 0 Å². The second kappa shape index (κ2) is 6.79. The number of rotatable bonds is 6. The van der Waals surface area contributed by atoms with E-state index in [0.717, 1.165) is 16.8 Å². The van der Waals surface area contributed by atoms with Crippen molar-refractivity contribution in [2.75, 3.05) is 0 Å². The maximum absolute atomic E-state index is 10.7. The second-order valence-corrected chi connectivity index (χ2v) is 4.42. The number of carboxylic acids is 1. The van der Waals surface area contributed by atoms with Crippen LogP contribution in [-0.2, 0) is 19.7 Å². The lowest BCUT2D eigenvalue weighted by Crippen LogP contribution is -2.14. The van der Waals surface area contributed by atoms with Gasteiger partial charge in [0.1, 0.15) is 0 Å². The molecule has 0 aliphatic carbocycles. The number of hydrogen-bond acceptors (Lipinski definition) is 4. The molecule has 1 heterocycles. The molecule has 0 bridgehead atoms. The minimum Gasteiger partial charge on any atom is -0.478 e. The maximum Gasteiger partial charge on any atom is 0.337 e. The molecule has 2 aromatic rings. The molecule has 0 fully saturated rings. The smallest absolute Gasteiger partial charge is 0.337 e. The van der Waals surface area contributed by atoms with E-state index in [1.165, 1.54) is 6.20 Å². The maximum atomic E-state index is 10.7. The molecule has 0 unspecified atom stereocenters. The van der Waals surface area contributed by atoms with E-state index >= 15 is 0 Å². The van der Waals surface area contributed by atoms with Crippen molar-refractivity contribution in [3.05, 3.63) is 65.0 Å². The molecular weight excluding hydrogens is 256 g/mol. The van der Waals surface area contributed by atoms with Crippen LogP contribution in [0.2, 0.25) is 0 Å². The number of aliphatic hydroxyl groups is 1. The van der Waals surface area contributed by atoms with E-state index in [2.05, 4.69) is 10.3 Å². The molecule has 0 aliphatic heterocycles. The van der Waals surface area contributed by atoms with Crippen molar-refractivity contribution in [3.63, 3.8) is 0 Å². The summed E-state index contributed by atoms with van der Waals surface area (Å²) in [7, 11) is 0. The van der Waals surface area contributed by atoms with E-state index in [4.69, 9.17) is 10.2 Å². The lowest BCUT2D eigenvalue weighted by atomic mass is 10.1. The first-order chi connectivity index (χ1) is 9.69. The fraction of sp³-hybridized carbons (Fsp3) is 0.200. The summed E-state index contributed by atoms with van der Waals surface area (Å²) in [5.41, 5.74) is 2.99. The van der Waals surface area contributed by atoms with Crippen LogP contribution in [0.3, 0.4) is 0 Å². The number of pyridine rings is 1. The number of carboxylic acid groups (broad SMARTS) is 1. The van der Waals surface area contributed by atoms with Crippen LogP contribution in [0.5, 0.6) is 0 Å². The molecule has 1 aromatic heterocycles. The van der Waals surface area contributed by atoms with Gasteiger partial charge < -0.3 is 15.5 Å². The fourth-order valence-corrected chi connectivity index (χ4v) is 1.75. The first kappa shape index (κ1) is 14.2. The topological polar surface area (TPSA) is 82.5 Å². The van der Waals surface area contributed by atoms with E-state index in [1.54, 1.807) is 12.1 Å². The van der Waals surface area contributed by atoms with Gasteiger partial charge in [-0.05, 0) is 23.3 Å². The van der Waals surface area contributed by atoms with Crippen molar-refractivity contribution in [2.24, 2.45) is 0 Å². The molecule has 0 saturated carbocycles. The third-order valence-electron chi connectivity index (χ3n) is 2.91. The highest BCUT2D eigenvalue weighted by Crippen LogP contribution is 2.05. The second-order valence-electron chi connectivity index (χ2n) is 4.42. The Kier molecular flexibility index (Phi) is 4.81. The van der Waals surface area contributed by atoms with E-state index in [1.807, 2.05) is 24.3 Å². The highest BCUT2D eigenvalue weighted by atomic mass is 16.4. The van der Waals surface area contributed by atoms with E-state index < -0.39 is 5.97 Å². The summed E-state index contributed by atoms with van der Waals surface area (Å²) in [6.07, 6.45) is 1.36. The zero-order chi connectivity index (χ0) is 14.4. The van der Waals surface area contributed by atoms with E-state index in [-0.39, 0.29) is 12.2 Å². The molecule has 0 atom stereocenters. The Labute approximate surface area is 116 Å². The van der Waals surface area contributed by atoms with Crippen LogP contribution in [0, 0.1) is 0 Å². The van der Waals surface area contributed by atoms with Crippen LogP contribution in [-0.4, -0.2) is 21.2 Å². The molecule has 0 spiro atoms. The summed E-state index contributed by atoms with van der Waals surface area (Å²) < 4.78 is 0. The van der Waals surface area contributed by atoms with Crippen LogP contribution in [0.25, 0.3) is 0 Å². The first-order valence-electron chi connectivity index (χ1n) is 6.26. The van der Waals surface area contributed by atoms with Crippen LogP contribution in [0.15, 0.2) is 42.6 Å². The van der Waals surface area contributed by atoms with Gasteiger partial charge in [-0.1, -0.05) is 24.3 Å². The normalized spacial score (nSPS) is 10.4. The Morgan fingerprint density at radius 3 is 2.30 bits per heavy atom. The molecule has 0 radical (unpaired) electrons. The van der Waals surface area contributed by atoms with Gasteiger partial charge in [0.05, 0.1) is 17.9 Å². The molecule has 3 N–H and O–H groups in total. The summed E-state index contributed by atoms with van der Waals surface area (Å²) in [6, 6.07) is 10.9. The van der Waals surface area contributed by atoms with Gasteiger partial charge in [-0.15, -0.1) is 0 Å². The highest BCUT2D eigenvalue weighted by Gasteiger charge is 2.02. The Morgan fingerprint density at radius 2 is 1.75 bits per heavy atom. The third-order valence-corrected chi connectivity index (χ3v) is 2.91. The molecule has 0 saturated heterocycles. The molecule has 5 nitrogen and oxygen atoms in total. The minimum absolute atomic E-state index is 0.0492. The Balaban J connectivity index is 1.84. The van der Waals surface area contributed by atoms with Gasteiger partial charge in [0.15, 0.2) is 0 Å². The molecule has 20 heavy (non-hydrogen) atoms. The van der Waals surface area contributed by atoms with Gasteiger partial charge in [0.2, 0.25) is 0 Å². The van der Waals surface area contributed by atoms with E-state index in [0.29, 0.717) is 13.1 Å². The monoisotopic (exact) mass is 272 g/mol. The van der Waals surface area contributed by atoms with E-state index in [9.17, 15) is 4.79 Å². The number of benzene rings is 1. The van der Waals surface area contributed by atoms with Crippen molar-refractivity contribution in [3.8, 4) is 0 Å². The SMILES string of the molecule is O=C(O)c1ccc(CNCc2ccc(CO)cc2)nc1. The number of aliphatic hydroxyl groups excluding tert-OH is 1. The quantitative estimate of drug-likeness (QED) is 0.743. The zero-order valence-electron chi connectivity index (χ0n) is 10.9. The van der Waals surface area contributed by atoms with Crippen molar-refractivity contribution < 1.29 is 15.0 Å². The predicted octanol–water partition coefficient (Wildman–Crippen LogP) is 1.56. The van der Waals surface area contributed by atoms with Crippen LogP contribution >= 0.6 is 0 Å². The number of nitrogens with zero attached hydrogens (tertiary/aromatic N) is 1. The van der Waals surface area contributed by atoms with Gasteiger partial charge in [-0.25, -0.2) is 4.79 Å². The van der Waals surface area contributed by atoms with Crippen molar-refractivity contribution >= 4 is 5.97 Å². The summed E-state index contributed by atoms with van der Waals surface area (Å²) >= 11 is 0. The third kappa shape index (κ3) is 3.88. The largest absolute Gasteiger partial charge is 0.478 e. The average molecular weight is 272 g/mol. The summed E-state index contributed by atoms with van der Waals surface area (Å²) in [5, 5.41) is 21.0. The highest BCUT2D eigenvalue weighted by molar-refractivity contribution is 5.87. The van der Waals surface area contributed by atoms with Crippen molar-refractivity contribution in [1.29, 1.82) is 0 Å². The first-order valence-corrected chi connectivity index (χ1v) is 6.26. The number of aromatic nitrogens is 1. The summed E-state index contributed by atoms with van der Waals surface area (Å²) in [4.78, 5) is 14.8.